The molecule has 0 aliphatic rings. The lowest BCUT2D eigenvalue weighted by Gasteiger charge is -2.15. The second-order valence-electron chi connectivity index (χ2n) is 2.94. The Morgan fingerprint density at radius 3 is 2.83 bits per heavy atom. The van der Waals surface area contributed by atoms with Crippen molar-refractivity contribution < 1.29 is 5.11 Å². The highest BCUT2D eigenvalue weighted by Gasteiger charge is 2.18. The third kappa shape index (κ3) is 1.62. The van der Waals surface area contributed by atoms with E-state index in [1.165, 1.54) is 0 Å². The van der Waals surface area contributed by atoms with Crippen molar-refractivity contribution >= 4 is 0 Å². The van der Waals surface area contributed by atoms with Crippen LogP contribution in [-0.4, -0.2) is 26.6 Å². The molecule has 0 radical (unpaired) electrons. The summed E-state index contributed by atoms with van der Waals surface area (Å²) in [6.45, 7) is 2.34. The first kappa shape index (κ1) is 9.15. The fourth-order valence-electron chi connectivity index (χ4n) is 0.986. The van der Waals surface area contributed by atoms with Gasteiger partial charge in [-0.2, -0.15) is 0 Å². The Balaban J connectivity index is 2.77. The molecule has 0 bridgehead atoms. The number of hydrogen-bond acceptors (Lipinski definition) is 4. The third-order valence-electron chi connectivity index (χ3n) is 1.96. The number of nitrogens with zero attached hydrogens (tertiary/aromatic N) is 3. The maximum Gasteiger partial charge on any atom is 0.101 e. The van der Waals surface area contributed by atoms with Gasteiger partial charge in [-0.15, -0.1) is 5.10 Å². The van der Waals surface area contributed by atoms with Crippen molar-refractivity contribution in [2.75, 3.05) is 6.54 Å². The van der Waals surface area contributed by atoms with E-state index in [0.29, 0.717) is 12.2 Å². The summed E-state index contributed by atoms with van der Waals surface area (Å²) in [7, 11) is 1.74. The van der Waals surface area contributed by atoms with Crippen LogP contribution in [0.25, 0.3) is 0 Å². The quantitative estimate of drug-likeness (QED) is 0.637. The summed E-state index contributed by atoms with van der Waals surface area (Å²) in [6, 6.07) is 0. The number of nitrogens with two attached hydrogens (primary N) is 1. The monoisotopic (exact) mass is 170 g/mol. The predicted molar refractivity (Wildman–Crippen MR) is 44.2 cm³/mol. The van der Waals surface area contributed by atoms with Crippen LogP contribution < -0.4 is 5.73 Å². The molecule has 1 aromatic heterocycles. The molecular weight excluding hydrogens is 156 g/mol. The lowest BCUT2D eigenvalue weighted by Crippen LogP contribution is -2.20. The zero-order valence-corrected chi connectivity index (χ0v) is 7.31. The van der Waals surface area contributed by atoms with Gasteiger partial charge in [0.15, 0.2) is 0 Å². The second-order valence-corrected chi connectivity index (χ2v) is 2.94. The Labute approximate surface area is 71.2 Å². The molecule has 0 saturated heterocycles. The summed E-state index contributed by atoms with van der Waals surface area (Å²) in [4.78, 5) is 0. The Bertz CT molecular complexity index is 247. The molecule has 5 nitrogen and oxygen atoms in total. The van der Waals surface area contributed by atoms with Gasteiger partial charge in [0.25, 0.3) is 0 Å². The highest BCUT2D eigenvalue weighted by Crippen LogP contribution is 2.18. The summed E-state index contributed by atoms with van der Waals surface area (Å²) in [5, 5.41) is 17.1. The minimum absolute atomic E-state index is 0.0298. The molecule has 1 aromatic rings. The average molecular weight is 170 g/mol. The molecule has 0 spiro atoms. The van der Waals surface area contributed by atoms with Crippen molar-refractivity contribution in [1.82, 2.24) is 15.0 Å². The average Bonchev–Trinajstić information content (AvgIpc) is 2.48. The molecule has 0 amide bonds. The van der Waals surface area contributed by atoms with Crippen LogP contribution in [0.3, 0.4) is 0 Å². The topological polar surface area (TPSA) is 77.0 Å². The maximum atomic E-state index is 9.68. The van der Waals surface area contributed by atoms with Crippen molar-refractivity contribution in [3.8, 4) is 0 Å². The number of aliphatic hydroxyl groups is 1. The van der Waals surface area contributed by atoms with Gasteiger partial charge in [-0.3, -0.25) is 0 Å². The number of rotatable bonds is 3. The molecule has 2 atom stereocenters. The van der Waals surface area contributed by atoms with E-state index in [9.17, 15) is 5.11 Å². The lowest BCUT2D eigenvalue weighted by molar-refractivity contribution is 0.113. The van der Waals surface area contributed by atoms with Crippen LogP contribution in [0.1, 0.15) is 18.7 Å². The van der Waals surface area contributed by atoms with Crippen molar-refractivity contribution in [3.63, 3.8) is 0 Å². The molecule has 0 aliphatic carbocycles. The van der Waals surface area contributed by atoms with E-state index < -0.39 is 6.10 Å². The molecular formula is C7H14N4O. The first-order chi connectivity index (χ1) is 5.66. The molecule has 0 saturated carbocycles. The lowest BCUT2D eigenvalue weighted by atomic mass is 10.0. The van der Waals surface area contributed by atoms with E-state index in [-0.39, 0.29) is 5.92 Å². The Morgan fingerprint density at radius 1 is 1.75 bits per heavy atom. The minimum atomic E-state index is -0.574. The van der Waals surface area contributed by atoms with Crippen LogP contribution in [0, 0.1) is 5.92 Å². The molecule has 12 heavy (non-hydrogen) atoms. The van der Waals surface area contributed by atoms with Gasteiger partial charge in [0, 0.05) is 13.0 Å². The van der Waals surface area contributed by atoms with Gasteiger partial charge in [-0.1, -0.05) is 12.1 Å². The third-order valence-corrected chi connectivity index (χ3v) is 1.96. The largest absolute Gasteiger partial charge is 0.386 e. The summed E-state index contributed by atoms with van der Waals surface area (Å²) < 4.78 is 1.55. The minimum Gasteiger partial charge on any atom is -0.386 e. The van der Waals surface area contributed by atoms with Gasteiger partial charge < -0.3 is 10.8 Å². The highest BCUT2D eigenvalue weighted by molar-refractivity contribution is 4.99. The normalized spacial score (nSPS) is 16.0. The summed E-state index contributed by atoms with van der Waals surface area (Å²) in [5.74, 6) is 0.0298. The molecule has 0 aliphatic heterocycles. The van der Waals surface area contributed by atoms with Crippen molar-refractivity contribution in [1.29, 1.82) is 0 Å². The number of aromatic nitrogens is 3. The van der Waals surface area contributed by atoms with Crippen LogP contribution in [0.15, 0.2) is 6.20 Å². The zero-order valence-electron chi connectivity index (χ0n) is 7.31. The first-order valence-electron chi connectivity index (χ1n) is 3.89. The number of aryl methyl sites for hydroxylation is 1. The SMILES string of the molecule is CC(CN)C(O)c1cnnn1C. The van der Waals surface area contributed by atoms with Crippen molar-refractivity contribution in [2.24, 2.45) is 18.7 Å². The van der Waals surface area contributed by atoms with Crippen LogP contribution in [0.4, 0.5) is 0 Å². The van der Waals surface area contributed by atoms with E-state index in [0.717, 1.165) is 0 Å². The van der Waals surface area contributed by atoms with Gasteiger partial charge in [0.05, 0.1) is 11.9 Å². The molecule has 3 N–H and O–H groups in total. The molecule has 5 heteroatoms. The summed E-state index contributed by atoms with van der Waals surface area (Å²) in [6.07, 6.45) is 0.978. The van der Waals surface area contributed by atoms with Crippen LogP contribution in [-0.2, 0) is 7.05 Å². The Kier molecular flexibility index (Phi) is 2.78. The van der Waals surface area contributed by atoms with Crippen LogP contribution in [0.2, 0.25) is 0 Å². The molecule has 0 fully saturated rings. The fourth-order valence-corrected chi connectivity index (χ4v) is 0.986. The molecule has 1 heterocycles. The van der Waals surface area contributed by atoms with Gasteiger partial charge in [0.2, 0.25) is 0 Å². The molecule has 1 rings (SSSR count). The smallest absolute Gasteiger partial charge is 0.101 e. The number of aliphatic hydroxyl groups excluding tert-OH is 1. The predicted octanol–water partition coefficient (Wildman–Crippen LogP) is -0.557. The van der Waals surface area contributed by atoms with E-state index in [4.69, 9.17) is 5.73 Å². The molecule has 68 valence electrons. The maximum absolute atomic E-state index is 9.68. The zero-order chi connectivity index (χ0) is 9.14. The van der Waals surface area contributed by atoms with E-state index in [2.05, 4.69) is 10.3 Å². The van der Waals surface area contributed by atoms with Gasteiger partial charge in [-0.05, 0) is 6.54 Å². The van der Waals surface area contributed by atoms with Crippen LogP contribution in [0.5, 0.6) is 0 Å². The van der Waals surface area contributed by atoms with Gasteiger partial charge >= 0.3 is 0 Å². The van der Waals surface area contributed by atoms with E-state index in [1.807, 2.05) is 6.92 Å². The van der Waals surface area contributed by atoms with Crippen LogP contribution >= 0.6 is 0 Å². The summed E-state index contributed by atoms with van der Waals surface area (Å²) in [5.41, 5.74) is 6.12. The van der Waals surface area contributed by atoms with Gasteiger partial charge in [0.1, 0.15) is 6.10 Å². The van der Waals surface area contributed by atoms with E-state index in [1.54, 1.807) is 17.9 Å². The summed E-state index contributed by atoms with van der Waals surface area (Å²) >= 11 is 0. The fraction of sp³-hybridized carbons (Fsp3) is 0.714. The second kappa shape index (κ2) is 3.64. The standard InChI is InChI=1S/C7H14N4O/c1-5(3-8)7(12)6-4-9-10-11(6)2/h4-5,7,12H,3,8H2,1-2H3. The first-order valence-corrected chi connectivity index (χ1v) is 3.89. The van der Waals surface area contributed by atoms with Gasteiger partial charge in [-0.25, -0.2) is 4.68 Å². The molecule has 2 unspecified atom stereocenters. The Hall–Kier alpha value is -0.940. The Morgan fingerprint density at radius 2 is 2.42 bits per heavy atom. The van der Waals surface area contributed by atoms with E-state index >= 15 is 0 Å². The van der Waals surface area contributed by atoms with Crippen molar-refractivity contribution in [2.45, 2.75) is 13.0 Å². The highest BCUT2D eigenvalue weighted by atomic mass is 16.3. The van der Waals surface area contributed by atoms with Crippen molar-refractivity contribution in [3.05, 3.63) is 11.9 Å². The molecule has 0 aromatic carbocycles. The number of hydrogen-bond donors (Lipinski definition) is 2.